The molecule has 2 aliphatic rings. The molecule has 2 aliphatic carbocycles. The maximum atomic E-state index is 9.38. The van der Waals surface area contributed by atoms with Crippen molar-refractivity contribution in [2.75, 3.05) is 5.32 Å². The van der Waals surface area contributed by atoms with Gasteiger partial charge >= 0.3 is 0 Å². The Morgan fingerprint density at radius 2 is 1.85 bits per heavy atom. The van der Waals surface area contributed by atoms with Crippen LogP contribution in [0.25, 0.3) is 0 Å². The molecule has 0 saturated heterocycles. The van der Waals surface area contributed by atoms with Gasteiger partial charge in [-0.1, -0.05) is 27.7 Å². The number of nitrogens with zero attached hydrogens (tertiary/aromatic N) is 2. The van der Waals surface area contributed by atoms with Crippen molar-refractivity contribution in [3.8, 4) is 6.07 Å². The van der Waals surface area contributed by atoms with Gasteiger partial charge in [-0.15, -0.1) is 0 Å². The van der Waals surface area contributed by atoms with E-state index in [1.54, 1.807) is 0 Å². The summed E-state index contributed by atoms with van der Waals surface area (Å²) in [6.07, 6.45) is 4.55. The van der Waals surface area contributed by atoms with Gasteiger partial charge in [0.05, 0.1) is 5.56 Å². The lowest BCUT2D eigenvalue weighted by atomic mass is 9.95. The van der Waals surface area contributed by atoms with Crippen LogP contribution in [0.15, 0.2) is 6.07 Å². The van der Waals surface area contributed by atoms with E-state index >= 15 is 0 Å². The number of nitriles is 1. The molecule has 1 fully saturated rings. The monoisotopic (exact) mass is 269 g/mol. The van der Waals surface area contributed by atoms with Crippen LogP contribution < -0.4 is 5.32 Å². The normalized spacial score (nSPS) is 22.8. The molecule has 0 bridgehead atoms. The standard InChI is InChI=1S/C17H23N3/c1-16(2)15(17(16,3)4)20-14-12(10-18)9-11-7-5-6-8-13(11)19-14/h9,15H,5-8H2,1-4H3,(H,19,20). The van der Waals surface area contributed by atoms with Crippen molar-refractivity contribution in [2.24, 2.45) is 10.8 Å². The highest BCUT2D eigenvalue weighted by atomic mass is 15.1. The van der Waals surface area contributed by atoms with E-state index in [4.69, 9.17) is 4.98 Å². The topological polar surface area (TPSA) is 48.7 Å². The molecule has 0 amide bonds. The largest absolute Gasteiger partial charge is 0.365 e. The second kappa shape index (κ2) is 4.22. The van der Waals surface area contributed by atoms with Crippen molar-refractivity contribution in [1.29, 1.82) is 5.26 Å². The summed E-state index contributed by atoms with van der Waals surface area (Å²) in [7, 11) is 0. The van der Waals surface area contributed by atoms with E-state index < -0.39 is 0 Å². The quantitative estimate of drug-likeness (QED) is 0.891. The van der Waals surface area contributed by atoms with E-state index in [2.05, 4.69) is 39.1 Å². The Bertz CT molecular complexity index is 579. The van der Waals surface area contributed by atoms with Crippen molar-refractivity contribution in [2.45, 2.75) is 59.4 Å². The fourth-order valence-electron chi connectivity index (χ4n) is 3.52. The van der Waals surface area contributed by atoms with Gasteiger partial charge in [-0.3, -0.25) is 0 Å². The molecule has 3 rings (SSSR count). The second-order valence-corrected chi connectivity index (χ2v) is 7.33. The second-order valence-electron chi connectivity index (χ2n) is 7.33. The molecule has 0 aromatic carbocycles. The first-order valence-electron chi connectivity index (χ1n) is 7.57. The van der Waals surface area contributed by atoms with Gasteiger partial charge in [-0.2, -0.15) is 5.26 Å². The van der Waals surface area contributed by atoms with Crippen LogP contribution >= 0.6 is 0 Å². The predicted molar refractivity (Wildman–Crippen MR) is 80.6 cm³/mol. The molecule has 3 nitrogen and oxygen atoms in total. The number of anilines is 1. The van der Waals surface area contributed by atoms with Gasteiger partial charge in [-0.25, -0.2) is 4.98 Å². The van der Waals surface area contributed by atoms with E-state index in [1.165, 1.54) is 24.1 Å². The summed E-state index contributed by atoms with van der Waals surface area (Å²) in [4.78, 5) is 4.76. The molecular weight excluding hydrogens is 246 g/mol. The minimum Gasteiger partial charge on any atom is -0.365 e. The van der Waals surface area contributed by atoms with E-state index in [9.17, 15) is 5.26 Å². The summed E-state index contributed by atoms with van der Waals surface area (Å²) in [6, 6.07) is 4.74. The molecule has 3 heteroatoms. The molecule has 1 heterocycles. The van der Waals surface area contributed by atoms with Crippen LogP contribution in [0.4, 0.5) is 5.82 Å². The van der Waals surface area contributed by atoms with Crippen molar-refractivity contribution in [1.82, 2.24) is 4.98 Å². The molecule has 0 unspecified atom stereocenters. The summed E-state index contributed by atoms with van der Waals surface area (Å²) < 4.78 is 0. The van der Waals surface area contributed by atoms with Crippen molar-refractivity contribution < 1.29 is 0 Å². The highest BCUT2D eigenvalue weighted by Crippen LogP contribution is 2.63. The number of aryl methyl sites for hydroxylation is 2. The Morgan fingerprint density at radius 3 is 2.45 bits per heavy atom. The third-order valence-corrected chi connectivity index (χ3v) is 5.72. The van der Waals surface area contributed by atoms with E-state index in [0.29, 0.717) is 11.6 Å². The molecule has 1 N–H and O–H groups in total. The van der Waals surface area contributed by atoms with Crippen LogP contribution in [0.2, 0.25) is 0 Å². The smallest absolute Gasteiger partial charge is 0.144 e. The molecule has 0 atom stereocenters. The number of hydrogen-bond donors (Lipinski definition) is 1. The van der Waals surface area contributed by atoms with Crippen LogP contribution in [-0.2, 0) is 12.8 Å². The van der Waals surface area contributed by atoms with Crippen LogP contribution in [0.1, 0.15) is 57.4 Å². The lowest BCUT2D eigenvalue weighted by molar-refractivity contribution is 0.457. The summed E-state index contributed by atoms with van der Waals surface area (Å²) in [5.41, 5.74) is 3.65. The molecule has 0 aliphatic heterocycles. The third-order valence-electron chi connectivity index (χ3n) is 5.72. The van der Waals surface area contributed by atoms with Gasteiger partial charge in [0, 0.05) is 11.7 Å². The van der Waals surface area contributed by atoms with Crippen molar-refractivity contribution in [3.05, 3.63) is 22.9 Å². The number of hydrogen-bond acceptors (Lipinski definition) is 3. The van der Waals surface area contributed by atoms with E-state index in [0.717, 1.165) is 18.7 Å². The molecule has 20 heavy (non-hydrogen) atoms. The molecule has 0 radical (unpaired) electrons. The van der Waals surface area contributed by atoms with Crippen LogP contribution in [-0.4, -0.2) is 11.0 Å². The van der Waals surface area contributed by atoms with Gasteiger partial charge in [0.25, 0.3) is 0 Å². The van der Waals surface area contributed by atoms with E-state index in [-0.39, 0.29) is 10.8 Å². The molecule has 0 spiro atoms. The summed E-state index contributed by atoms with van der Waals surface area (Å²) in [6.45, 7) is 9.09. The maximum Gasteiger partial charge on any atom is 0.144 e. The SMILES string of the molecule is CC1(C)C(Nc2nc3c(cc2C#N)CCCC3)C1(C)C. The molecule has 1 aromatic heterocycles. The summed E-state index contributed by atoms with van der Waals surface area (Å²) in [5.74, 6) is 0.789. The molecular formula is C17H23N3. The zero-order valence-corrected chi connectivity index (χ0v) is 12.9. The number of rotatable bonds is 2. The highest BCUT2D eigenvalue weighted by Gasteiger charge is 2.65. The number of pyridine rings is 1. The lowest BCUT2D eigenvalue weighted by Crippen LogP contribution is -2.15. The third kappa shape index (κ3) is 1.82. The first-order valence-corrected chi connectivity index (χ1v) is 7.57. The summed E-state index contributed by atoms with van der Waals surface area (Å²) in [5, 5.41) is 12.9. The minimum atomic E-state index is 0.247. The van der Waals surface area contributed by atoms with Crippen molar-refractivity contribution >= 4 is 5.82 Å². The number of aromatic nitrogens is 1. The fourth-order valence-corrected chi connectivity index (χ4v) is 3.52. The van der Waals surface area contributed by atoms with Gasteiger partial charge in [0.1, 0.15) is 11.9 Å². The van der Waals surface area contributed by atoms with E-state index in [1.807, 2.05) is 6.07 Å². The lowest BCUT2D eigenvalue weighted by Gasteiger charge is -2.18. The van der Waals surface area contributed by atoms with Crippen LogP contribution in [0.5, 0.6) is 0 Å². The van der Waals surface area contributed by atoms with Gasteiger partial charge in [0.2, 0.25) is 0 Å². The molecule has 106 valence electrons. The Labute approximate surface area is 121 Å². The average Bonchev–Trinajstić information content (AvgIpc) is 2.80. The molecule has 1 aromatic rings. The van der Waals surface area contributed by atoms with Gasteiger partial charge in [0.15, 0.2) is 0 Å². The Kier molecular flexibility index (Phi) is 2.83. The highest BCUT2D eigenvalue weighted by molar-refractivity contribution is 5.57. The van der Waals surface area contributed by atoms with Crippen LogP contribution in [0, 0.1) is 22.2 Å². The maximum absolute atomic E-state index is 9.38. The number of nitrogens with one attached hydrogen (secondary N) is 1. The predicted octanol–water partition coefficient (Wildman–Crippen LogP) is 3.68. The van der Waals surface area contributed by atoms with Gasteiger partial charge < -0.3 is 5.32 Å². The van der Waals surface area contributed by atoms with Gasteiger partial charge in [-0.05, 0) is 48.1 Å². The van der Waals surface area contributed by atoms with Crippen molar-refractivity contribution in [3.63, 3.8) is 0 Å². The Hall–Kier alpha value is -1.56. The zero-order chi connectivity index (χ0) is 14.5. The number of fused-ring (bicyclic) bond motifs is 1. The zero-order valence-electron chi connectivity index (χ0n) is 12.9. The van der Waals surface area contributed by atoms with Crippen LogP contribution in [0.3, 0.4) is 0 Å². The summed E-state index contributed by atoms with van der Waals surface area (Å²) >= 11 is 0. The first kappa shape index (κ1) is 13.4. The fraction of sp³-hybridized carbons (Fsp3) is 0.647. The Morgan fingerprint density at radius 1 is 1.20 bits per heavy atom. The Balaban J connectivity index is 1.92. The first-order chi connectivity index (χ1) is 9.38. The molecule has 1 saturated carbocycles. The minimum absolute atomic E-state index is 0.247. The average molecular weight is 269 g/mol.